The second-order valence-electron chi connectivity index (χ2n) is 13.8. The molecular formula is C42H34N4. The monoisotopic (exact) mass is 594 g/mol. The van der Waals surface area contributed by atoms with Crippen molar-refractivity contribution in [2.24, 2.45) is 17.8 Å². The van der Waals surface area contributed by atoms with Gasteiger partial charge in [0.2, 0.25) is 0 Å². The van der Waals surface area contributed by atoms with Gasteiger partial charge >= 0.3 is 0 Å². The van der Waals surface area contributed by atoms with Crippen LogP contribution < -0.4 is 0 Å². The summed E-state index contributed by atoms with van der Waals surface area (Å²) in [5.41, 5.74) is 7.69. The number of fused-ring (bicyclic) bond motifs is 1. The van der Waals surface area contributed by atoms with Gasteiger partial charge in [-0.2, -0.15) is 5.26 Å². The van der Waals surface area contributed by atoms with Crippen molar-refractivity contribution in [3.8, 4) is 51.4 Å². The minimum Gasteiger partial charge on any atom is -0.208 e. The first-order valence-corrected chi connectivity index (χ1v) is 16.6. The number of nitrogens with zero attached hydrogens (tertiary/aromatic N) is 4. The minimum absolute atomic E-state index is 0.370. The van der Waals surface area contributed by atoms with Crippen molar-refractivity contribution in [3.63, 3.8) is 0 Å². The van der Waals surface area contributed by atoms with E-state index >= 15 is 0 Å². The fourth-order valence-corrected chi connectivity index (χ4v) is 9.23. The van der Waals surface area contributed by atoms with E-state index in [1.54, 1.807) is 0 Å². The zero-order valence-electron chi connectivity index (χ0n) is 25.7. The summed E-state index contributed by atoms with van der Waals surface area (Å²) in [6.45, 7) is 0. The van der Waals surface area contributed by atoms with E-state index in [1.165, 1.54) is 44.1 Å². The van der Waals surface area contributed by atoms with Crippen LogP contribution in [0.3, 0.4) is 0 Å². The van der Waals surface area contributed by atoms with E-state index in [-0.39, 0.29) is 0 Å². The van der Waals surface area contributed by atoms with Gasteiger partial charge in [0.25, 0.3) is 0 Å². The fraction of sp³-hybridized carbons (Fsp3) is 0.238. The van der Waals surface area contributed by atoms with Crippen LogP contribution in [-0.4, -0.2) is 15.0 Å². The van der Waals surface area contributed by atoms with Gasteiger partial charge in [-0.25, -0.2) is 15.0 Å². The van der Waals surface area contributed by atoms with Crippen molar-refractivity contribution >= 4 is 10.8 Å². The maximum absolute atomic E-state index is 9.62. The van der Waals surface area contributed by atoms with Gasteiger partial charge < -0.3 is 0 Å². The molecule has 0 spiro atoms. The molecule has 10 rings (SSSR count). The SMILES string of the molecule is N#Cc1ccc(-c2ccc(-c3nc(-c4ccccc4)nc(-c4ccc(C56CC7CC(CC(C7)C5)C6)cc4)n3)cc2)c2ccccc12. The van der Waals surface area contributed by atoms with E-state index in [2.05, 4.69) is 72.8 Å². The van der Waals surface area contributed by atoms with Crippen LogP contribution in [0.15, 0.2) is 115 Å². The Morgan fingerprint density at radius 1 is 0.500 bits per heavy atom. The topological polar surface area (TPSA) is 62.5 Å². The van der Waals surface area contributed by atoms with Crippen LogP contribution in [0.5, 0.6) is 0 Å². The molecule has 5 aromatic carbocycles. The van der Waals surface area contributed by atoms with Gasteiger partial charge in [-0.3, -0.25) is 0 Å². The Bertz CT molecular complexity index is 2090. The Morgan fingerprint density at radius 3 is 1.54 bits per heavy atom. The lowest BCUT2D eigenvalue weighted by atomic mass is 9.48. The summed E-state index contributed by atoms with van der Waals surface area (Å²) in [5.74, 6) is 4.80. The van der Waals surface area contributed by atoms with E-state index in [1.807, 2.05) is 48.5 Å². The third-order valence-electron chi connectivity index (χ3n) is 11.0. The maximum Gasteiger partial charge on any atom is 0.164 e. The molecule has 6 aromatic rings. The Balaban J connectivity index is 1.09. The average molecular weight is 595 g/mol. The minimum atomic E-state index is 0.370. The predicted molar refractivity (Wildman–Crippen MR) is 184 cm³/mol. The lowest BCUT2D eigenvalue weighted by molar-refractivity contribution is -0.00518. The van der Waals surface area contributed by atoms with Crippen LogP contribution in [-0.2, 0) is 5.41 Å². The van der Waals surface area contributed by atoms with Crippen molar-refractivity contribution in [1.82, 2.24) is 15.0 Å². The molecule has 0 amide bonds. The molecule has 4 aliphatic rings. The molecule has 0 N–H and O–H groups in total. The smallest absolute Gasteiger partial charge is 0.164 e. The maximum atomic E-state index is 9.62. The van der Waals surface area contributed by atoms with E-state index < -0.39 is 0 Å². The Hall–Kier alpha value is -5.14. The number of aromatic nitrogens is 3. The molecule has 4 heteroatoms. The molecule has 222 valence electrons. The Labute approximate surface area is 269 Å². The van der Waals surface area contributed by atoms with E-state index in [9.17, 15) is 5.26 Å². The highest BCUT2D eigenvalue weighted by Crippen LogP contribution is 2.60. The van der Waals surface area contributed by atoms with E-state index in [4.69, 9.17) is 15.0 Å². The van der Waals surface area contributed by atoms with Crippen LogP contribution in [0.2, 0.25) is 0 Å². The summed E-state index contributed by atoms with van der Waals surface area (Å²) in [7, 11) is 0. The van der Waals surface area contributed by atoms with E-state index in [0.29, 0.717) is 28.5 Å². The van der Waals surface area contributed by atoms with Gasteiger partial charge in [0.05, 0.1) is 11.6 Å². The molecule has 46 heavy (non-hydrogen) atoms. The third-order valence-corrected chi connectivity index (χ3v) is 11.0. The molecule has 4 aliphatic carbocycles. The van der Waals surface area contributed by atoms with Crippen molar-refractivity contribution < 1.29 is 0 Å². The highest BCUT2D eigenvalue weighted by Gasteiger charge is 2.51. The molecule has 1 heterocycles. The standard InChI is InChI=1S/C42H34N4/c43-26-34-16-19-37(38-9-5-4-8-36(34)38)30-10-12-32(13-11-30)40-44-39(31-6-2-1-3-7-31)45-41(46-40)33-14-17-35(18-15-33)42-23-27-20-28(24-42)22-29(21-27)25-42/h1-19,27-29H,20-25H2. The molecule has 0 saturated heterocycles. The first-order chi connectivity index (χ1) is 22.6. The van der Waals surface area contributed by atoms with Crippen molar-refractivity contribution in [2.75, 3.05) is 0 Å². The van der Waals surface area contributed by atoms with Gasteiger partial charge in [0, 0.05) is 22.1 Å². The summed E-state index contributed by atoms with van der Waals surface area (Å²) in [6, 6.07) is 42.2. The van der Waals surface area contributed by atoms with Crippen molar-refractivity contribution in [3.05, 3.63) is 126 Å². The van der Waals surface area contributed by atoms with Crippen LogP contribution in [0.4, 0.5) is 0 Å². The number of benzene rings is 5. The molecule has 0 unspecified atom stereocenters. The number of nitriles is 1. The Kier molecular flexibility index (Phi) is 6.35. The van der Waals surface area contributed by atoms with Gasteiger partial charge in [-0.05, 0) is 89.8 Å². The second-order valence-corrected chi connectivity index (χ2v) is 13.8. The molecular weight excluding hydrogens is 560 g/mol. The lowest BCUT2D eigenvalue weighted by Crippen LogP contribution is -2.48. The fourth-order valence-electron chi connectivity index (χ4n) is 9.23. The molecule has 0 aliphatic heterocycles. The van der Waals surface area contributed by atoms with Crippen LogP contribution in [0, 0.1) is 29.1 Å². The summed E-state index contributed by atoms with van der Waals surface area (Å²) in [4.78, 5) is 15.0. The first kappa shape index (κ1) is 27.2. The predicted octanol–water partition coefficient (Wildman–Crippen LogP) is 10.0. The van der Waals surface area contributed by atoms with Gasteiger partial charge in [-0.15, -0.1) is 0 Å². The summed E-state index contributed by atoms with van der Waals surface area (Å²) < 4.78 is 0. The highest BCUT2D eigenvalue weighted by atomic mass is 15.0. The summed E-state index contributed by atoms with van der Waals surface area (Å²) in [5, 5.41) is 11.7. The number of hydrogen-bond donors (Lipinski definition) is 0. The molecule has 0 atom stereocenters. The number of hydrogen-bond acceptors (Lipinski definition) is 4. The van der Waals surface area contributed by atoms with Gasteiger partial charge in [0.1, 0.15) is 0 Å². The van der Waals surface area contributed by atoms with Crippen LogP contribution in [0.1, 0.15) is 49.7 Å². The van der Waals surface area contributed by atoms with Gasteiger partial charge in [0.15, 0.2) is 17.5 Å². The molecule has 4 nitrogen and oxygen atoms in total. The highest BCUT2D eigenvalue weighted by molar-refractivity contribution is 5.99. The molecule has 0 radical (unpaired) electrons. The molecule has 1 aromatic heterocycles. The van der Waals surface area contributed by atoms with Crippen LogP contribution >= 0.6 is 0 Å². The zero-order valence-corrected chi connectivity index (χ0v) is 25.7. The quantitative estimate of drug-likeness (QED) is 0.199. The summed E-state index contributed by atoms with van der Waals surface area (Å²) in [6.07, 6.45) is 8.46. The van der Waals surface area contributed by atoms with Crippen molar-refractivity contribution in [1.29, 1.82) is 5.26 Å². The van der Waals surface area contributed by atoms with E-state index in [0.717, 1.165) is 56.3 Å². The van der Waals surface area contributed by atoms with Crippen molar-refractivity contribution in [2.45, 2.75) is 43.9 Å². The van der Waals surface area contributed by atoms with Gasteiger partial charge in [-0.1, -0.05) is 109 Å². The normalized spacial score (nSPS) is 23.0. The average Bonchev–Trinajstić information content (AvgIpc) is 3.11. The molecule has 4 saturated carbocycles. The Morgan fingerprint density at radius 2 is 0.978 bits per heavy atom. The molecule has 4 fully saturated rings. The van der Waals surface area contributed by atoms with Crippen LogP contribution in [0.25, 0.3) is 56.1 Å². The first-order valence-electron chi connectivity index (χ1n) is 16.6. The largest absolute Gasteiger partial charge is 0.208 e. The second kappa shape index (κ2) is 10.7. The molecule has 4 bridgehead atoms. The number of rotatable bonds is 5. The lowest BCUT2D eigenvalue weighted by Gasteiger charge is -2.57. The zero-order chi connectivity index (χ0) is 30.7. The third kappa shape index (κ3) is 4.62. The summed E-state index contributed by atoms with van der Waals surface area (Å²) >= 11 is 0.